The molecule has 6 heteroatoms. The first kappa shape index (κ1) is 17.0. The maximum atomic E-state index is 9.40. The van der Waals surface area contributed by atoms with Crippen LogP contribution < -0.4 is 10.2 Å². The summed E-state index contributed by atoms with van der Waals surface area (Å²) in [5, 5.41) is 18.8. The molecule has 112 valence electrons. The summed E-state index contributed by atoms with van der Waals surface area (Å²) < 4.78 is 10.7. The fourth-order valence-electron chi connectivity index (χ4n) is 1.91. The SMILES string of the molecule is COc1ccc(B(O)O)c(CN(C)CCOC(C)C)c1. The molecular formula is C14H24BNO4. The van der Waals surface area contributed by atoms with Gasteiger partial charge in [0, 0.05) is 13.1 Å². The quantitative estimate of drug-likeness (QED) is 0.668. The smallest absolute Gasteiger partial charge is 0.488 e. The van der Waals surface area contributed by atoms with E-state index in [2.05, 4.69) is 4.90 Å². The molecule has 1 aromatic carbocycles. The summed E-state index contributed by atoms with van der Waals surface area (Å²) in [6.07, 6.45) is 0.218. The number of nitrogens with zero attached hydrogens (tertiary/aromatic N) is 1. The van der Waals surface area contributed by atoms with Crippen LogP contribution in [-0.4, -0.2) is 55.5 Å². The zero-order chi connectivity index (χ0) is 15.1. The Morgan fingerprint density at radius 2 is 2.00 bits per heavy atom. The van der Waals surface area contributed by atoms with Crippen LogP contribution in [0.4, 0.5) is 0 Å². The van der Waals surface area contributed by atoms with E-state index in [1.807, 2.05) is 27.0 Å². The average molecular weight is 281 g/mol. The van der Waals surface area contributed by atoms with E-state index in [0.717, 1.165) is 12.1 Å². The van der Waals surface area contributed by atoms with Crippen LogP contribution in [-0.2, 0) is 11.3 Å². The number of benzene rings is 1. The van der Waals surface area contributed by atoms with E-state index in [1.54, 1.807) is 19.2 Å². The molecule has 0 fully saturated rings. The highest BCUT2D eigenvalue weighted by molar-refractivity contribution is 6.59. The molecule has 0 aliphatic heterocycles. The molecule has 0 saturated heterocycles. The second-order valence-corrected chi connectivity index (χ2v) is 5.10. The number of methoxy groups -OCH3 is 1. The van der Waals surface area contributed by atoms with E-state index in [1.165, 1.54) is 0 Å². The predicted molar refractivity (Wildman–Crippen MR) is 80.2 cm³/mol. The first-order valence-electron chi connectivity index (χ1n) is 6.77. The molecule has 0 aliphatic rings. The van der Waals surface area contributed by atoms with Crippen molar-refractivity contribution in [2.45, 2.75) is 26.5 Å². The normalized spacial score (nSPS) is 11.2. The molecule has 1 aromatic rings. The molecule has 0 radical (unpaired) electrons. The maximum absolute atomic E-state index is 9.40. The van der Waals surface area contributed by atoms with E-state index in [-0.39, 0.29) is 6.10 Å². The van der Waals surface area contributed by atoms with Crippen molar-refractivity contribution in [3.63, 3.8) is 0 Å². The minimum atomic E-state index is -1.48. The number of hydrogen-bond donors (Lipinski definition) is 2. The zero-order valence-electron chi connectivity index (χ0n) is 12.7. The molecule has 1 rings (SSSR count). The second kappa shape index (κ2) is 8.27. The lowest BCUT2D eigenvalue weighted by atomic mass is 9.77. The predicted octanol–water partition coefficient (Wildman–Crippen LogP) is 0.232. The third-order valence-corrected chi connectivity index (χ3v) is 2.99. The lowest BCUT2D eigenvalue weighted by Gasteiger charge is -2.20. The van der Waals surface area contributed by atoms with Gasteiger partial charge in [0.2, 0.25) is 0 Å². The van der Waals surface area contributed by atoms with Gasteiger partial charge in [0.15, 0.2) is 0 Å². The van der Waals surface area contributed by atoms with E-state index in [0.29, 0.717) is 24.4 Å². The molecule has 2 N–H and O–H groups in total. The Kier molecular flexibility index (Phi) is 7.02. The van der Waals surface area contributed by atoms with Crippen molar-refractivity contribution in [2.75, 3.05) is 27.3 Å². The highest BCUT2D eigenvalue weighted by atomic mass is 16.5. The topological polar surface area (TPSA) is 62.2 Å². The first-order valence-corrected chi connectivity index (χ1v) is 6.77. The minimum Gasteiger partial charge on any atom is -0.497 e. The second-order valence-electron chi connectivity index (χ2n) is 5.10. The molecule has 0 spiro atoms. The molecule has 0 heterocycles. The Hall–Kier alpha value is -1.08. The molecule has 0 aliphatic carbocycles. The third kappa shape index (κ3) is 5.50. The monoisotopic (exact) mass is 281 g/mol. The summed E-state index contributed by atoms with van der Waals surface area (Å²) in [4.78, 5) is 2.07. The van der Waals surface area contributed by atoms with Crippen molar-refractivity contribution in [2.24, 2.45) is 0 Å². The molecule has 0 bridgehead atoms. The van der Waals surface area contributed by atoms with Gasteiger partial charge in [-0.1, -0.05) is 6.07 Å². The van der Waals surface area contributed by atoms with Crippen LogP contribution in [0.2, 0.25) is 0 Å². The van der Waals surface area contributed by atoms with Gasteiger partial charge in [0.05, 0.1) is 19.8 Å². The third-order valence-electron chi connectivity index (χ3n) is 2.99. The minimum absolute atomic E-state index is 0.218. The molecule has 0 aromatic heterocycles. The Labute approximate surface area is 121 Å². The van der Waals surface area contributed by atoms with Gasteiger partial charge >= 0.3 is 7.12 Å². The lowest BCUT2D eigenvalue weighted by Crippen LogP contribution is -2.35. The average Bonchev–Trinajstić information content (AvgIpc) is 2.37. The van der Waals surface area contributed by atoms with Crippen molar-refractivity contribution in [1.82, 2.24) is 4.90 Å². The van der Waals surface area contributed by atoms with Gasteiger partial charge in [-0.2, -0.15) is 0 Å². The summed E-state index contributed by atoms with van der Waals surface area (Å²) >= 11 is 0. The molecular weight excluding hydrogens is 257 g/mol. The van der Waals surface area contributed by atoms with Gasteiger partial charge in [0.1, 0.15) is 5.75 Å². The molecule has 0 unspecified atom stereocenters. The van der Waals surface area contributed by atoms with Crippen LogP contribution in [0.5, 0.6) is 5.75 Å². The fraction of sp³-hybridized carbons (Fsp3) is 0.571. The Morgan fingerprint density at radius 1 is 1.30 bits per heavy atom. The number of hydrogen-bond acceptors (Lipinski definition) is 5. The molecule has 5 nitrogen and oxygen atoms in total. The van der Waals surface area contributed by atoms with Crippen LogP contribution >= 0.6 is 0 Å². The molecule has 20 heavy (non-hydrogen) atoms. The zero-order valence-corrected chi connectivity index (χ0v) is 12.7. The highest BCUT2D eigenvalue weighted by Gasteiger charge is 2.17. The van der Waals surface area contributed by atoms with Crippen molar-refractivity contribution in [3.8, 4) is 5.75 Å². The van der Waals surface area contributed by atoms with Crippen molar-refractivity contribution in [3.05, 3.63) is 23.8 Å². The molecule has 0 amide bonds. The lowest BCUT2D eigenvalue weighted by molar-refractivity contribution is 0.0627. The van der Waals surface area contributed by atoms with E-state index < -0.39 is 7.12 Å². The summed E-state index contributed by atoms with van der Waals surface area (Å²) in [5.74, 6) is 0.705. The largest absolute Gasteiger partial charge is 0.497 e. The van der Waals surface area contributed by atoms with Gasteiger partial charge < -0.3 is 19.5 Å². The van der Waals surface area contributed by atoms with Crippen LogP contribution in [0, 0.1) is 0 Å². The molecule has 0 atom stereocenters. The van der Waals surface area contributed by atoms with Gasteiger partial charge in [-0.15, -0.1) is 0 Å². The highest BCUT2D eigenvalue weighted by Crippen LogP contribution is 2.13. The standard InChI is InChI=1S/C14H24BNO4/c1-11(2)20-8-7-16(3)10-12-9-13(19-4)5-6-14(12)15(17)18/h5-6,9,11,17-18H,7-8,10H2,1-4H3. The molecule has 0 saturated carbocycles. The summed E-state index contributed by atoms with van der Waals surface area (Å²) in [6, 6.07) is 5.23. The maximum Gasteiger partial charge on any atom is 0.488 e. The van der Waals surface area contributed by atoms with Crippen LogP contribution in [0.25, 0.3) is 0 Å². The summed E-state index contributed by atoms with van der Waals surface area (Å²) in [5.41, 5.74) is 1.34. The van der Waals surface area contributed by atoms with Crippen LogP contribution in [0.3, 0.4) is 0 Å². The van der Waals surface area contributed by atoms with E-state index >= 15 is 0 Å². The number of likely N-dealkylation sites (N-methyl/N-ethyl adjacent to an activating group) is 1. The van der Waals surface area contributed by atoms with E-state index in [4.69, 9.17) is 9.47 Å². The van der Waals surface area contributed by atoms with Gasteiger partial charge in [-0.05, 0) is 44.1 Å². The fourth-order valence-corrected chi connectivity index (χ4v) is 1.91. The van der Waals surface area contributed by atoms with Gasteiger partial charge in [-0.3, -0.25) is 4.90 Å². The summed E-state index contributed by atoms with van der Waals surface area (Å²) in [6.45, 7) is 6.03. The van der Waals surface area contributed by atoms with Crippen molar-refractivity contribution < 1.29 is 19.5 Å². The van der Waals surface area contributed by atoms with Crippen LogP contribution in [0.1, 0.15) is 19.4 Å². The van der Waals surface area contributed by atoms with E-state index in [9.17, 15) is 10.0 Å². The van der Waals surface area contributed by atoms with Crippen molar-refractivity contribution >= 4 is 12.6 Å². The summed E-state index contributed by atoms with van der Waals surface area (Å²) in [7, 11) is 2.08. The number of ether oxygens (including phenoxy) is 2. The Morgan fingerprint density at radius 3 is 2.55 bits per heavy atom. The first-order chi connectivity index (χ1) is 9.43. The Bertz CT molecular complexity index is 412. The number of rotatable bonds is 8. The van der Waals surface area contributed by atoms with Gasteiger partial charge in [0.25, 0.3) is 0 Å². The Balaban J connectivity index is 2.68. The van der Waals surface area contributed by atoms with Crippen LogP contribution in [0.15, 0.2) is 18.2 Å². The van der Waals surface area contributed by atoms with Gasteiger partial charge in [-0.25, -0.2) is 0 Å². The van der Waals surface area contributed by atoms with Crippen molar-refractivity contribution in [1.29, 1.82) is 0 Å².